The average Bonchev–Trinajstić information content (AvgIpc) is 2.73. The van der Waals surface area contributed by atoms with Gasteiger partial charge in [0.15, 0.2) is 0 Å². The number of benzene rings is 2. The van der Waals surface area contributed by atoms with Crippen molar-refractivity contribution < 1.29 is 18.0 Å². The highest BCUT2D eigenvalue weighted by molar-refractivity contribution is 7.89. The molecular weight excluding hydrogens is 416 g/mol. The number of rotatable bonds is 9. The summed E-state index contributed by atoms with van der Waals surface area (Å²) in [6.45, 7) is 6.96. The van der Waals surface area contributed by atoms with Crippen LogP contribution in [0.2, 0.25) is 0 Å². The van der Waals surface area contributed by atoms with E-state index < -0.39 is 22.0 Å². The van der Waals surface area contributed by atoms with Gasteiger partial charge in [0.25, 0.3) is 0 Å². The van der Waals surface area contributed by atoms with E-state index in [9.17, 15) is 18.0 Å². The fourth-order valence-electron chi connectivity index (χ4n) is 2.84. The number of nitrogens with one attached hydrogen (secondary N) is 2. The average molecular weight is 441 g/mol. The van der Waals surface area contributed by atoms with Gasteiger partial charge in [-0.3, -0.25) is 9.59 Å². The zero-order chi connectivity index (χ0) is 23.0. The molecule has 0 unspecified atom stereocenters. The number of hydrogen-bond acceptors (Lipinski definition) is 5. The van der Waals surface area contributed by atoms with Crippen LogP contribution in [0.25, 0.3) is 0 Å². The molecule has 2 amide bonds. The number of amides is 2. The summed E-state index contributed by atoms with van der Waals surface area (Å²) in [4.78, 5) is 25.4. The van der Waals surface area contributed by atoms with Gasteiger partial charge in [-0.05, 0) is 48.9 Å². The largest absolute Gasteiger partial charge is 0.333 e. The summed E-state index contributed by atoms with van der Waals surface area (Å²) >= 11 is 0. The summed E-state index contributed by atoms with van der Waals surface area (Å²) < 4.78 is 27.7. The van der Waals surface area contributed by atoms with Crippen molar-refractivity contribution in [3.05, 3.63) is 72.3 Å². The van der Waals surface area contributed by atoms with Crippen LogP contribution in [-0.4, -0.2) is 37.7 Å². The Bertz CT molecular complexity index is 1090. The lowest BCUT2D eigenvalue weighted by atomic mass is 10.1. The number of anilines is 1. The number of hydrogen-bond donors (Lipinski definition) is 2. The van der Waals surface area contributed by atoms with Crippen molar-refractivity contribution in [2.24, 2.45) is 0 Å². The lowest BCUT2D eigenvalue weighted by molar-refractivity contribution is -0.132. The summed E-state index contributed by atoms with van der Waals surface area (Å²) in [5.74, 6) is -0.680. The molecular formula is C22H24N4O4S. The molecule has 0 saturated carbocycles. The third kappa shape index (κ3) is 6.77. The Hall–Kier alpha value is -3.48. The molecule has 2 N–H and O–H groups in total. The Labute approximate surface area is 182 Å². The molecule has 162 valence electrons. The van der Waals surface area contributed by atoms with E-state index in [4.69, 9.17) is 5.26 Å². The van der Waals surface area contributed by atoms with Crippen LogP contribution in [0.1, 0.15) is 25.0 Å². The van der Waals surface area contributed by atoms with Gasteiger partial charge >= 0.3 is 0 Å². The minimum absolute atomic E-state index is 0.0244. The van der Waals surface area contributed by atoms with E-state index >= 15 is 0 Å². The van der Waals surface area contributed by atoms with Gasteiger partial charge in [-0.1, -0.05) is 18.2 Å². The van der Waals surface area contributed by atoms with Crippen LogP contribution in [0, 0.1) is 11.3 Å². The summed E-state index contributed by atoms with van der Waals surface area (Å²) in [7, 11) is -3.95. The Balaban J connectivity index is 2.11. The third-order valence-electron chi connectivity index (χ3n) is 4.30. The van der Waals surface area contributed by atoms with Gasteiger partial charge in [0.2, 0.25) is 21.8 Å². The Morgan fingerprint density at radius 3 is 2.29 bits per heavy atom. The van der Waals surface area contributed by atoms with Crippen LogP contribution >= 0.6 is 0 Å². The summed E-state index contributed by atoms with van der Waals surface area (Å²) in [6.07, 6.45) is 1.56. The van der Waals surface area contributed by atoms with Gasteiger partial charge in [-0.2, -0.15) is 9.98 Å². The molecule has 0 aliphatic rings. The first kappa shape index (κ1) is 23.8. The standard InChI is InChI=1S/C22H24N4O4S/c1-4-13-26(15-19-7-5-18(14-23)6-8-19)22(28)16(2)25-31(29,30)21-11-9-20(10-12-21)24-17(3)27/h4-12,16,25H,1,13,15H2,2-3H3,(H,24,27)/t16-/m0/s1. The van der Waals surface area contributed by atoms with Crippen molar-refractivity contribution in [3.63, 3.8) is 0 Å². The first-order valence-electron chi connectivity index (χ1n) is 9.45. The second-order valence-corrected chi connectivity index (χ2v) is 8.58. The Morgan fingerprint density at radius 1 is 1.16 bits per heavy atom. The molecule has 2 rings (SSSR count). The summed E-state index contributed by atoms with van der Waals surface area (Å²) in [5, 5.41) is 11.5. The minimum Gasteiger partial charge on any atom is -0.333 e. The maximum atomic E-state index is 12.9. The van der Waals surface area contributed by atoms with Gasteiger partial charge < -0.3 is 10.2 Å². The fourth-order valence-corrected chi connectivity index (χ4v) is 4.04. The van der Waals surface area contributed by atoms with Crippen molar-refractivity contribution in [1.82, 2.24) is 9.62 Å². The maximum Gasteiger partial charge on any atom is 0.241 e. The van der Waals surface area contributed by atoms with Crippen LogP contribution < -0.4 is 10.0 Å². The van der Waals surface area contributed by atoms with E-state index in [1.807, 2.05) is 6.07 Å². The summed E-state index contributed by atoms with van der Waals surface area (Å²) in [5.41, 5.74) is 1.78. The van der Waals surface area contributed by atoms with Gasteiger partial charge in [-0.25, -0.2) is 8.42 Å². The van der Waals surface area contributed by atoms with Crippen molar-refractivity contribution >= 4 is 27.5 Å². The molecule has 0 radical (unpaired) electrons. The maximum absolute atomic E-state index is 12.9. The second kappa shape index (κ2) is 10.5. The van der Waals surface area contributed by atoms with Crippen molar-refractivity contribution in [2.45, 2.75) is 31.3 Å². The topological polar surface area (TPSA) is 119 Å². The quantitative estimate of drug-likeness (QED) is 0.580. The molecule has 9 heteroatoms. The van der Waals surface area contributed by atoms with Crippen molar-refractivity contribution in [2.75, 3.05) is 11.9 Å². The third-order valence-corrected chi connectivity index (χ3v) is 5.86. The zero-order valence-corrected chi connectivity index (χ0v) is 18.1. The number of carbonyl (C=O) groups is 2. The number of nitrogens with zero attached hydrogens (tertiary/aromatic N) is 2. The van der Waals surface area contributed by atoms with Gasteiger partial charge in [0.1, 0.15) is 0 Å². The molecule has 0 aromatic heterocycles. The SMILES string of the molecule is C=CCN(Cc1ccc(C#N)cc1)C(=O)[C@H](C)NS(=O)(=O)c1ccc(NC(C)=O)cc1. The van der Waals surface area contributed by atoms with E-state index in [-0.39, 0.29) is 23.9 Å². The van der Waals surface area contributed by atoms with Crippen LogP contribution in [0.3, 0.4) is 0 Å². The highest BCUT2D eigenvalue weighted by Crippen LogP contribution is 2.15. The van der Waals surface area contributed by atoms with E-state index in [0.717, 1.165) is 5.56 Å². The number of sulfonamides is 1. The van der Waals surface area contributed by atoms with Crippen LogP contribution in [0.15, 0.2) is 66.1 Å². The second-order valence-electron chi connectivity index (χ2n) is 6.86. The molecule has 0 aliphatic carbocycles. The molecule has 8 nitrogen and oxygen atoms in total. The lowest BCUT2D eigenvalue weighted by Gasteiger charge is -2.25. The van der Waals surface area contributed by atoms with E-state index in [1.54, 1.807) is 30.3 Å². The predicted octanol–water partition coefficient (Wildman–Crippen LogP) is 2.40. The molecule has 2 aromatic rings. The normalized spacial score (nSPS) is 11.8. The first-order valence-corrected chi connectivity index (χ1v) is 10.9. The van der Waals surface area contributed by atoms with Gasteiger partial charge in [0, 0.05) is 25.7 Å². The minimum atomic E-state index is -3.95. The molecule has 0 fully saturated rings. The van der Waals surface area contributed by atoms with Crippen LogP contribution in [0.4, 0.5) is 5.69 Å². The van der Waals surface area contributed by atoms with Crippen molar-refractivity contribution in [1.29, 1.82) is 5.26 Å². The van der Waals surface area contributed by atoms with E-state index in [0.29, 0.717) is 11.3 Å². The van der Waals surface area contributed by atoms with E-state index in [1.165, 1.54) is 43.0 Å². The van der Waals surface area contributed by atoms with Gasteiger partial charge in [0.05, 0.1) is 22.6 Å². The van der Waals surface area contributed by atoms with Crippen LogP contribution in [-0.2, 0) is 26.2 Å². The van der Waals surface area contributed by atoms with Gasteiger partial charge in [-0.15, -0.1) is 6.58 Å². The smallest absolute Gasteiger partial charge is 0.241 e. The Morgan fingerprint density at radius 2 is 1.77 bits per heavy atom. The predicted molar refractivity (Wildman–Crippen MR) is 117 cm³/mol. The highest BCUT2D eigenvalue weighted by atomic mass is 32.2. The number of carbonyl (C=O) groups excluding carboxylic acids is 2. The fraction of sp³-hybridized carbons (Fsp3) is 0.227. The zero-order valence-electron chi connectivity index (χ0n) is 17.3. The van der Waals surface area contributed by atoms with Crippen LogP contribution in [0.5, 0.6) is 0 Å². The molecule has 0 saturated heterocycles. The highest BCUT2D eigenvalue weighted by Gasteiger charge is 2.25. The Kier molecular flexibility index (Phi) is 8.07. The molecule has 1 atom stereocenters. The molecule has 0 spiro atoms. The molecule has 2 aromatic carbocycles. The molecule has 31 heavy (non-hydrogen) atoms. The molecule has 0 bridgehead atoms. The monoisotopic (exact) mass is 440 g/mol. The first-order chi connectivity index (χ1) is 14.7. The number of nitriles is 1. The molecule has 0 heterocycles. The van der Waals surface area contributed by atoms with Crippen molar-refractivity contribution in [3.8, 4) is 6.07 Å². The lowest BCUT2D eigenvalue weighted by Crippen LogP contribution is -2.46. The summed E-state index contributed by atoms with van der Waals surface area (Å²) in [6, 6.07) is 13.5. The van der Waals surface area contributed by atoms with E-state index in [2.05, 4.69) is 16.6 Å². The molecule has 0 aliphatic heterocycles.